The van der Waals surface area contributed by atoms with Gasteiger partial charge in [-0.1, -0.05) is 147 Å². The lowest BCUT2D eigenvalue weighted by molar-refractivity contribution is 0.666. The summed E-state index contributed by atoms with van der Waals surface area (Å²) in [4.78, 5) is 15.3. The summed E-state index contributed by atoms with van der Waals surface area (Å²) in [6.45, 7) is 4.66. The molecular weight excluding hydrogens is 757 g/mol. The fourth-order valence-electron chi connectivity index (χ4n) is 9.47. The Hall–Kier alpha value is -8.45. The molecule has 6 nitrogen and oxygen atoms in total. The molecule has 0 bridgehead atoms. The highest BCUT2D eigenvalue weighted by atomic mass is 15.0. The molecule has 0 fully saturated rings. The molecule has 10 aromatic rings. The molecule has 0 radical (unpaired) electrons. The number of para-hydroxylation sites is 1. The van der Waals surface area contributed by atoms with Crippen LogP contribution in [0.1, 0.15) is 36.1 Å². The van der Waals surface area contributed by atoms with Gasteiger partial charge in [0.15, 0.2) is 17.5 Å². The average Bonchev–Trinajstić information content (AvgIpc) is 3.79. The second-order valence-electron chi connectivity index (χ2n) is 16.2. The SMILES string of the molecule is CC1(C)c2ccccc2-c2ccc3c(c21)c1ccccc1n3-c1c(-c2cccc(C#N)c2)cc(-c2nc(-c3ccccc3)nc(-c3ccccc3)n2)cc1-c1cccc(C#N)c1. The zero-order valence-electron chi connectivity index (χ0n) is 34.0. The molecule has 0 atom stereocenters. The highest BCUT2D eigenvalue weighted by molar-refractivity contribution is 6.15. The maximum atomic E-state index is 10.2. The van der Waals surface area contributed by atoms with Gasteiger partial charge in [-0.3, -0.25) is 0 Å². The van der Waals surface area contributed by atoms with Gasteiger partial charge in [-0.25, -0.2) is 15.0 Å². The van der Waals surface area contributed by atoms with Gasteiger partial charge >= 0.3 is 0 Å². The second-order valence-corrected chi connectivity index (χ2v) is 16.2. The molecule has 6 heteroatoms. The van der Waals surface area contributed by atoms with Crippen LogP contribution in [0.2, 0.25) is 0 Å². The van der Waals surface area contributed by atoms with Crippen molar-refractivity contribution < 1.29 is 0 Å². The molecule has 0 N–H and O–H groups in total. The molecule has 0 saturated carbocycles. The van der Waals surface area contributed by atoms with Gasteiger partial charge in [0.2, 0.25) is 0 Å². The van der Waals surface area contributed by atoms with Crippen LogP contribution in [-0.2, 0) is 5.41 Å². The van der Waals surface area contributed by atoms with Crippen LogP contribution in [0.15, 0.2) is 182 Å². The van der Waals surface area contributed by atoms with Crippen LogP contribution in [0.4, 0.5) is 0 Å². The van der Waals surface area contributed by atoms with Crippen molar-refractivity contribution in [1.82, 2.24) is 19.5 Å². The van der Waals surface area contributed by atoms with E-state index in [9.17, 15) is 10.5 Å². The van der Waals surface area contributed by atoms with Gasteiger partial charge < -0.3 is 4.57 Å². The monoisotopic (exact) mass is 792 g/mol. The van der Waals surface area contributed by atoms with E-state index in [4.69, 9.17) is 15.0 Å². The Bertz CT molecular complexity index is 3380. The lowest BCUT2D eigenvalue weighted by atomic mass is 9.80. The normalized spacial score (nSPS) is 12.5. The van der Waals surface area contributed by atoms with Gasteiger partial charge in [-0.2, -0.15) is 10.5 Å². The van der Waals surface area contributed by atoms with E-state index >= 15 is 0 Å². The van der Waals surface area contributed by atoms with E-state index in [-0.39, 0.29) is 5.41 Å². The molecule has 290 valence electrons. The van der Waals surface area contributed by atoms with E-state index in [0.717, 1.165) is 61.1 Å². The Morgan fingerprint density at radius 2 is 0.952 bits per heavy atom. The summed E-state index contributed by atoms with van der Waals surface area (Å²) in [7, 11) is 0. The first-order valence-corrected chi connectivity index (χ1v) is 20.6. The maximum Gasteiger partial charge on any atom is 0.164 e. The van der Waals surface area contributed by atoms with E-state index in [1.54, 1.807) is 0 Å². The Balaban J connectivity index is 1.29. The third kappa shape index (κ3) is 5.81. The topological polar surface area (TPSA) is 91.2 Å². The lowest BCUT2D eigenvalue weighted by Crippen LogP contribution is -2.15. The smallest absolute Gasteiger partial charge is 0.164 e. The van der Waals surface area contributed by atoms with Crippen LogP contribution in [0.5, 0.6) is 0 Å². The van der Waals surface area contributed by atoms with Crippen molar-refractivity contribution in [3.63, 3.8) is 0 Å². The number of nitrogens with zero attached hydrogens (tertiary/aromatic N) is 6. The molecule has 0 aliphatic heterocycles. The first-order chi connectivity index (χ1) is 30.4. The van der Waals surface area contributed by atoms with Crippen molar-refractivity contribution >= 4 is 21.8 Å². The fraction of sp³-hybridized carbons (Fsp3) is 0.0536. The average molecular weight is 793 g/mol. The molecule has 0 spiro atoms. The van der Waals surface area contributed by atoms with E-state index in [1.165, 1.54) is 27.6 Å². The van der Waals surface area contributed by atoms with Gasteiger partial charge in [-0.15, -0.1) is 0 Å². The Morgan fingerprint density at radius 1 is 0.435 bits per heavy atom. The van der Waals surface area contributed by atoms with Gasteiger partial charge in [0.1, 0.15) is 0 Å². The second kappa shape index (κ2) is 14.4. The van der Waals surface area contributed by atoms with E-state index in [2.05, 4.69) is 115 Å². The van der Waals surface area contributed by atoms with Crippen LogP contribution in [-0.4, -0.2) is 19.5 Å². The van der Waals surface area contributed by atoms with Gasteiger partial charge in [-0.05, 0) is 81.9 Å². The van der Waals surface area contributed by atoms with Crippen LogP contribution in [0.3, 0.4) is 0 Å². The standard InChI is InChI=1S/C56H36N6/c1-56(2)47-25-11-9-23-42(47)43-27-28-49-50(51(43)56)44-24-10-12-26-48(44)62(49)52-45(39-21-13-15-35(29-39)33-57)31-41(32-46(52)40-22-14-16-36(30-40)34-58)55-60-53(37-17-5-3-6-18-37)59-54(61-55)38-19-7-4-8-20-38/h3-32H,1-2H3. The summed E-state index contributed by atoms with van der Waals surface area (Å²) in [6.07, 6.45) is 0. The molecule has 2 aromatic heterocycles. The van der Waals surface area contributed by atoms with Crippen molar-refractivity contribution in [2.24, 2.45) is 0 Å². The minimum Gasteiger partial charge on any atom is -0.308 e. The summed E-state index contributed by atoms with van der Waals surface area (Å²) in [5, 5.41) is 22.8. The number of fused-ring (bicyclic) bond motifs is 7. The number of hydrogen-bond donors (Lipinski definition) is 0. The predicted octanol–water partition coefficient (Wildman–Crippen LogP) is 13.4. The third-order valence-corrected chi connectivity index (χ3v) is 12.3. The minimum atomic E-state index is -0.260. The fourth-order valence-corrected chi connectivity index (χ4v) is 9.47. The summed E-state index contributed by atoms with van der Waals surface area (Å²) in [5.74, 6) is 1.61. The molecule has 2 heterocycles. The van der Waals surface area contributed by atoms with Crippen molar-refractivity contribution in [3.8, 4) is 85.4 Å². The molecular formula is C56H36N6. The van der Waals surface area contributed by atoms with Crippen molar-refractivity contribution in [2.45, 2.75) is 19.3 Å². The number of benzene rings is 8. The predicted molar refractivity (Wildman–Crippen MR) is 248 cm³/mol. The van der Waals surface area contributed by atoms with E-state index in [0.29, 0.717) is 28.6 Å². The Kier molecular flexibility index (Phi) is 8.49. The van der Waals surface area contributed by atoms with Crippen molar-refractivity contribution in [1.29, 1.82) is 10.5 Å². The van der Waals surface area contributed by atoms with Gasteiger partial charge in [0.25, 0.3) is 0 Å². The van der Waals surface area contributed by atoms with Gasteiger partial charge in [0, 0.05) is 44.0 Å². The summed E-state index contributed by atoms with van der Waals surface area (Å²) >= 11 is 0. The van der Waals surface area contributed by atoms with Crippen LogP contribution >= 0.6 is 0 Å². The van der Waals surface area contributed by atoms with Crippen molar-refractivity contribution in [3.05, 3.63) is 204 Å². The number of nitriles is 2. The molecule has 62 heavy (non-hydrogen) atoms. The van der Waals surface area contributed by atoms with E-state index in [1.807, 2.05) is 97.1 Å². The van der Waals surface area contributed by atoms with E-state index < -0.39 is 0 Å². The summed E-state index contributed by atoms with van der Waals surface area (Å²) in [6, 6.07) is 66.5. The first kappa shape index (κ1) is 36.6. The minimum absolute atomic E-state index is 0.260. The first-order valence-electron chi connectivity index (χ1n) is 20.6. The molecule has 0 amide bonds. The molecule has 11 rings (SSSR count). The molecule has 0 unspecified atom stereocenters. The third-order valence-electron chi connectivity index (χ3n) is 12.3. The molecule has 1 aliphatic carbocycles. The van der Waals surface area contributed by atoms with Gasteiger partial charge in [0.05, 0.1) is 40.0 Å². The molecule has 0 saturated heterocycles. The number of rotatable bonds is 6. The highest BCUT2D eigenvalue weighted by Gasteiger charge is 2.38. The lowest BCUT2D eigenvalue weighted by Gasteiger charge is -2.23. The van der Waals surface area contributed by atoms with Crippen LogP contribution in [0.25, 0.3) is 95.0 Å². The van der Waals surface area contributed by atoms with Crippen LogP contribution in [0, 0.1) is 22.7 Å². The zero-order valence-corrected chi connectivity index (χ0v) is 34.0. The summed E-state index contributed by atoms with van der Waals surface area (Å²) in [5.41, 5.74) is 15.0. The Morgan fingerprint density at radius 3 is 1.55 bits per heavy atom. The Labute approximate surface area is 359 Å². The zero-order chi connectivity index (χ0) is 42.0. The van der Waals surface area contributed by atoms with Crippen molar-refractivity contribution in [2.75, 3.05) is 0 Å². The number of hydrogen-bond acceptors (Lipinski definition) is 5. The number of aromatic nitrogens is 4. The largest absolute Gasteiger partial charge is 0.308 e. The quantitative estimate of drug-likeness (QED) is 0.167. The molecule has 1 aliphatic rings. The van der Waals surface area contributed by atoms with Crippen LogP contribution < -0.4 is 0 Å². The summed E-state index contributed by atoms with van der Waals surface area (Å²) < 4.78 is 2.38. The maximum absolute atomic E-state index is 10.2. The highest BCUT2D eigenvalue weighted by Crippen LogP contribution is 2.54. The molecule has 8 aromatic carbocycles.